The highest BCUT2D eigenvalue weighted by atomic mass is 35.5. The second-order valence-corrected chi connectivity index (χ2v) is 4.89. The fraction of sp³-hybridized carbons (Fsp3) is 0. The Hall–Kier alpha value is -2.31. The van der Waals surface area contributed by atoms with E-state index in [0.717, 1.165) is 12.1 Å². The zero-order valence-electron chi connectivity index (χ0n) is 10.3. The number of carboxylic acids is 1. The van der Waals surface area contributed by atoms with Gasteiger partial charge in [0.15, 0.2) is 0 Å². The molecule has 21 heavy (non-hydrogen) atoms. The van der Waals surface area contributed by atoms with Gasteiger partial charge in [0.05, 0.1) is 21.2 Å². The maximum Gasteiger partial charge on any atom is 0.338 e. The molecule has 0 bridgehead atoms. The summed E-state index contributed by atoms with van der Waals surface area (Å²) in [5.41, 5.74) is -0.0436. The number of nitro benzene ring substituents is 1. The summed E-state index contributed by atoms with van der Waals surface area (Å²) in [6.07, 6.45) is 0. The summed E-state index contributed by atoms with van der Waals surface area (Å²) in [4.78, 5) is 21.3. The Morgan fingerprint density at radius 2 is 1.81 bits per heavy atom. The highest BCUT2D eigenvalue weighted by Gasteiger charge is 2.20. The molecule has 0 aromatic heterocycles. The van der Waals surface area contributed by atoms with E-state index >= 15 is 0 Å². The Labute approximate surface area is 129 Å². The molecule has 2 rings (SSSR count). The van der Waals surface area contributed by atoms with E-state index in [1.54, 1.807) is 24.3 Å². The molecule has 2 aromatic rings. The summed E-state index contributed by atoms with van der Waals surface area (Å²) in [6.45, 7) is 0. The number of nitro groups is 1. The van der Waals surface area contributed by atoms with E-state index in [-0.39, 0.29) is 22.0 Å². The van der Waals surface area contributed by atoms with Gasteiger partial charge in [0.1, 0.15) is 0 Å². The highest BCUT2D eigenvalue weighted by molar-refractivity contribution is 6.34. The second-order valence-electron chi connectivity index (χ2n) is 4.04. The van der Waals surface area contributed by atoms with E-state index in [1.165, 1.54) is 0 Å². The molecular formula is C13H8Cl2N2O4. The predicted molar refractivity (Wildman–Crippen MR) is 79.8 cm³/mol. The minimum absolute atomic E-state index is 0.0587. The lowest BCUT2D eigenvalue weighted by atomic mass is 10.1. The molecule has 2 aromatic carbocycles. The van der Waals surface area contributed by atoms with Gasteiger partial charge >= 0.3 is 5.97 Å². The number of halogens is 2. The lowest BCUT2D eigenvalue weighted by Gasteiger charge is -2.11. The van der Waals surface area contributed by atoms with Crippen molar-refractivity contribution >= 4 is 46.2 Å². The van der Waals surface area contributed by atoms with Crippen LogP contribution in [0, 0.1) is 10.1 Å². The number of hydrogen-bond acceptors (Lipinski definition) is 4. The van der Waals surface area contributed by atoms with E-state index in [0.29, 0.717) is 10.7 Å². The van der Waals surface area contributed by atoms with Crippen molar-refractivity contribution in [2.24, 2.45) is 0 Å². The summed E-state index contributed by atoms with van der Waals surface area (Å²) >= 11 is 11.7. The molecular weight excluding hydrogens is 319 g/mol. The highest BCUT2D eigenvalue weighted by Crippen LogP contribution is 2.33. The van der Waals surface area contributed by atoms with Crippen LogP contribution in [0.2, 0.25) is 10.0 Å². The lowest BCUT2D eigenvalue weighted by Crippen LogP contribution is -2.05. The molecule has 8 heteroatoms. The monoisotopic (exact) mass is 326 g/mol. The quantitative estimate of drug-likeness (QED) is 0.643. The van der Waals surface area contributed by atoms with E-state index in [1.807, 2.05) is 0 Å². The van der Waals surface area contributed by atoms with Gasteiger partial charge in [0.25, 0.3) is 5.69 Å². The van der Waals surface area contributed by atoms with Crippen LogP contribution in [-0.4, -0.2) is 16.0 Å². The molecule has 0 heterocycles. The molecule has 6 nitrogen and oxygen atoms in total. The number of nitrogens with one attached hydrogen (secondary N) is 1. The topological polar surface area (TPSA) is 92.5 Å². The average Bonchev–Trinajstić information content (AvgIpc) is 2.42. The minimum Gasteiger partial charge on any atom is -0.478 e. The van der Waals surface area contributed by atoms with Gasteiger partial charge in [-0.3, -0.25) is 10.1 Å². The van der Waals surface area contributed by atoms with Crippen molar-refractivity contribution < 1.29 is 14.8 Å². The van der Waals surface area contributed by atoms with Gasteiger partial charge in [-0.1, -0.05) is 23.2 Å². The molecule has 0 aliphatic rings. The molecule has 2 N–H and O–H groups in total. The van der Waals surface area contributed by atoms with Gasteiger partial charge < -0.3 is 10.4 Å². The number of rotatable bonds is 4. The fourth-order valence-electron chi connectivity index (χ4n) is 1.67. The number of aromatic carboxylic acids is 1. The van der Waals surface area contributed by atoms with Crippen molar-refractivity contribution in [3.63, 3.8) is 0 Å². The third kappa shape index (κ3) is 3.42. The van der Waals surface area contributed by atoms with Crippen LogP contribution in [0.25, 0.3) is 0 Å². The molecule has 0 fully saturated rings. The van der Waals surface area contributed by atoms with E-state index in [2.05, 4.69) is 5.32 Å². The van der Waals surface area contributed by atoms with Crippen molar-refractivity contribution in [2.45, 2.75) is 0 Å². The number of benzene rings is 2. The lowest BCUT2D eigenvalue weighted by molar-refractivity contribution is -0.384. The van der Waals surface area contributed by atoms with Crippen molar-refractivity contribution in [1.82, 2.24) is 0 Å². The first-order valence-corrected chi connectivity index (χ1v) is 6.38. The third-order valence-corrected chi connectivity index (χ3v) is 3.18. The average molecular weight is 327 g/mol. The van der Waals surface area contributed by atoms with Crippen LogP contribution in [0.5, 0.6) is 0 Å². The number of carboxylic acid groups (broad SMARTS) is 1. The van der Waals surface area contributed by atoms with Gasteiger partial charge in [-0.15, -0.1) is 0 Å². The van der Waals surface area contributed by atoms with Gasteiger partial charge in [-0.25, -0.2) is 4.79 Å². The number of non-ortho nitro benzene ring substituents is 1. The Morgan fingerprint density at radius 1 is 1.19 bits per heavy atom. The first-order chi connectivity index (χ1) is 9.88. The number of hydrogen-bond donors (Lipinski definition) is 2. The zero-order chi connectivity index (χ0) is 15.6. The number of carbonyl (C=O) groups is 1. The summed E-state index contributed by atoms with van der Waals surface area (Å²) in [6, 6.07) is 8.53. The maximum absolute atomic E-state index is 11.3. The van der Waals surface area contributed by atoms with Gasteiger partial charge in [0, 0.05) is 22.8 Å². The largest absolute Gasteiger partial charge is 0.478 e. The van der Waals surface area contributed by atoms with Gasteiger partial charge in [-0.2, -0.15) is 0 Å². The van der Waals surface area contributed by atoms with Crippen LogP contribution in [0.15, 0.2) is 36.4 Å². The third-order valence-electron chi connectivity index (χ3n) is 2.63. The van der Waals surface area contributed by atoms with Gasteiger partial charge in [-0.05, 0) is 24.3 Å². The standard InChI is InChI=1S/C13H8Cl2N2O4/c14-7-1-3-8(4-2-7)16-12-10(13(18)19)5-9(17(20)21)6-11(12)15/h1-6,16H,(H,18,19). The van der Waals surface area contributed by atoms with E-state index in [4.69, 9.17) is 23.2 Å². The molecule has 0 spiro atoms. The molecule has 0 atom stereocenters. The summed E-state index contributed by atoms with van der Waals surface area (Å²) < 4.78 is 0. The number of nitrogens with zero attached hydrogens (tertiary/aromatic N) is 1. The number of anilines is 2. The first-order valence-electron chi connectivity index (χ1n) is 5.62. The second kappa shape index (κ2) is 5.99. The SMILES string of the molecule is O=C(O)c1cc([N+](=O)[O-])cc(Cl)c1Nc1ccc(Cl)cc1. The minimum atomic E-state index is -1.32. The Morgan fingerprint density at radius 3 is 2.33 bits per heavy atom. The van der Waals surface area contributed by atoms with Crippen LogP contribution in [0.4, 0.5) is 17.1 Å². The molecule has 108 valence electrons. The van der Waals surface area contributed by atoms with E-state index in [9.17, 15) is 20.0 Å². The molecule has 0 saturated heterocycles. The Balaban J connectivity index is 2.49. The molecule has 0 saturated carbocycles. The van der Waals surface area contributed by atoms with Crippen molar-refractivity contribution in [3.05, 3.63) is 62.1 Å². The summed E-state index contributed by atoms with van der Waals surface area (Å²) in [5.74, 6) is -1.32. The first kappa shape index (κ1) is 15.1. The Kier molecular flexibility index (Phi) is 4.30. The molecule has 0 unspecified atom stereocenters. The van der Waals surface area contributed by atoms with E-state index < -0.39 is 10.9 Å². The molecule has 0 aliphatic carbocycles. The Bertz CT molecular complexity index is 717. The summed E-state index contributed by atoms with van der Waals surface area (Å²) in [7, 11) is 0. The smallest absolute Gasteiger partial charge is 0.338 e. The van der Waals surface area contributed by atoms with Crippen molar-refractivity contribution in [1.29, 1.82) is 0 Å². The van der Waals surface area contributed by atoms with Crippen LogP contribution < -0.4 is 5.32 Å². The van der Waals surface area contributed by atoms with Crippen molar-refractivity contribution in [3.8, 4) is 0 Å². The van der Waals surface area contributed by atoms with Crippen LogP contribution >= 0.6 is 23.2 Å². The van der Waals surface area contributed by atoms with Gasteiger partial charge in [0.2, 0.25) is 0 Å². The fourth-order valence-corrected chi connectivity index (χ4v) is 2.06. The van der Waals surface area contributed by atoms with Crippen LogP contribution in [-0.2, 0) is 0 Å². The summed E-state index contributed by atoms with van der Waals surface area (Å²) in [5, 5.41) is 23.2. The normalized spacial score (nSPS) is 10.2. The van der Waals surface area contributed by atoms with Crippen LogP contribution in [0.1, 0.15) is 10.4 Å². The molecule has 0 radical (unpaired) electrons. The zero-order valence-corrected chi connectivity index (χ0v) is 11.9. The predicted octanol–water partition coefficient (Wildman–Crippen LogP) is 4.34. The molecule has 0 aliphatic heterocycles. The maximum atomic E-state index is 11.3. The molecule has 0 amide bonds. The van der Waals surface area contributed by atoms with Crippen molar-refractivity contribution in [2.75, 3.05) is 5.32 Å². The van der Waals surface area contributed by atoms with Crippen LogP contribution in [0.3, 0.4) is 0 Å².